The second kappa shape index (κ2) is 7.64. The summed E-state index contributed by atoms with van der Waals surface area (Å²) in [5.41, 5.74) is 5.94. The summed E-state index contributed by atoms with van der Waals surface area (Å²) >= 11 is 3.19. The normalized spacial score (nSPS) is 11.7. The lowest BCUT2D eigenvalue weighted by Crippen LogP contribution is -2.12. The van der Waals surface area contributed by atoms with Crippen LogP contribution in [0.4, 0.5) is 0 Å². The molecule has 0 unspecified atom stereocenters. The van der Waals surface area contributed by atoms with Crippen LogP contribution in [0.3, 0.4) is 0 Å². The van der Waals surface area contributed by atoms with Gasteiger partial charge in [-0.1, -0.05) is 0 Å². The summed E-state index contributed by atoms with van der Waals surface area (Å²) in [5, 5.41) is 14.3. The van der Waals surface area contributed by atoms with Crippen LogP contribution < -0.4 is 0 Å². The van der Waals surface area contributed by atoms with E-state index in [0.717, 1.165) is 38.6 Å². The van der Waals surface area contributed by atoms with Crippen LogP contribution in [0.5, 0.6) is 0 Å². The standard InChI is InChI=1S/C18H19N7OS2/c1-11-14(19-10-27-11)8-24(2)21-7-13-15(9-26)25(3)18-17(13)28-16(22-18)6-12-4-5-20-23-12/h4-5,7,9-10H,6,8H2,1-3H3,(H,20,23)/b21-7-. The minimum absolute atomic E-state index is 0.571. The van der Waals surface area contributed by atoms with E-state index in [1.165, 1.54) is 4.88 Å². The maximum atomic E-state index is 11.7. The number of fused-ring (bicyclic) bond motifs is 1. The van der Waals surface area contributed by atoms with E-state index >= 15 is 0 Å². The predicted molar refractivity (Wildman–Crippen MR) is 111 cm³/mol. The average molecular weight is 414 g/mol. The number of H-pyrrole nitrogens is 1. The average Bonchev–Trinajstić information content (AvgIpc) is 3.43. The first-order valence-corrected chi connectivity index (χ1v) is 10.3. The highest BCUT2D eigenvalue weighted by Gasteiger charge is 2.19. The van der Waals surface area contributed by atoms with Crippen molar-refractivity contribution in [3.8, 4) is 0 Å². The van der Waals surface area contributed by atoms with Crippen molar-refractivity contribution in [2.45, 2.75) is 19.9 Å². The minimum Gasteiger partial charge on any atom is -0.325 e. The number of nitrogens with zero attached hydrogens (tertiary/aromatic N) is 6. The smallest absolute Gasteiger partial charge is 0.167 e. The van der Waals surface area contributed by atoms with Crippen LogP contribution in [0.15, 0.2) is 22.9 Å². The number of aldehydes is 1. The molecular formula is C18H19N7OS2. The van der Waals surface area contributed by atoms with Crippen molar-refractivity contribution < 1.29 is 4.79 Å². The third-order valence-corrected chi connectivity index (χ3v) is 6.34. The summed E-state index contributed by atoms with van der Waals surface area (Å²) in [5.74, 6) is 0. The van der Waals surface area contributed by atoms with E-state index in [9.17, 15) is 4.79 Å². The summed E-state index contributed by atoms with van der Waals surface area (Å²) in [6.45, 7) is 2.67. The van der Waals surface area contributed by atoms with Gasteiger partial charge in [-0.25, -0.2) is 9.97 Å². The Morgan fingerprint density at radius 3 is 2.96 bits per heavy atom. The zero-order valence-corrected chi connectivity index (χ0v) is 17.3. The lowest BCUT2D eigenvalue weighted by Gasteiger charge is -2.11. The van der Waals surface area contributed by atoms with E-state index in [4.69, 9.17) is 4.98 Å². The number of hydrogen-bond donors (Lipinski definition) is 1. The second-order valence-electron chi connectivity index (χ2n) is 6.39. The maximum Gasteiger partial charge on any atom is 0.167 e. The molecule has 1 N–H and O–H groups in total. The highest BCUT2D eigenvalue weighted by atomic mass is 32.1. The third kappa shape index (κ3) is 3.48. The van der Waals surface area contributed by atoms with E-state index in [0.29, 0.717) is 18.7 Å². The monoisotopic (exact) mass is 413 g/mol. The molecule has 4 rings (SSSR count). The van der Waals surface area contributed by atoms with Gasteiger partial charge in [-0.15, -0.1) is 22.7 Å². The fourth-order valence-corrected chi connectivity index (χ4v) is 4.67. The fraction of sp³-hybridized carbons (Fsp3) is 0.278. The van der Waals surface area contributed by atoms with Gasteiger partial charge in [-0.05, 0) is 13.0 Å². The molecule has 10 heteroatoms. The number of carbonyl (C=O) groups is 1. The van der Waals surface area contributed by atoms with Gasteiger partial charge in [0, 0.05) is 37.2 Å². The van der Waals surface area contributed by atoms with Gasteiger partial charge in [-0.2, -0.15) is 10.2 Å². The van der Waals surface area contributed by atoms with Crippen LogP contribution in [0.2, 0.25) is 0 Å². The highest BCUT2D eigenvalue weighted by molar-refractivity contribution is 7.19. The maximum absolute atomic E-state index is 11.7. The Hall–Kier alpha value is -2.85. The number of aryl methyl sites for hydroxylation is 2. The zero-order chi connectivity index (χ0) is 19.7. The van der Waals surface area contributed by atoms with Gasteiger partial charge in [-0.3, -0.25) is 14.9 Å². The van der Waals surface area contributed by atoms with Gasteiger partial charge in [0.2, 0.25) is 0 Å². The lowest BCUT2D eigenvalue weighted by atomic mass is 10.3. The number of thiazole rings is 2. The number of aromatic nitrogens is 5. The molecule has 0 fully saturated rings. The molecule has 4 heterocycles. The second-order valence-corrected chi connectivity index (χ2v) is 8.54. The Morgan fingerprint density at radius 2 is 2.29 bits per heavy atom. The Balaban J connectivity index is 1.63. The molecule has 0 aliphatic rings. The van der Waals surface area contributed by atoms with Crippen LogP contribution in [0.25, 0.3) is 10.3 Å². The van der Waals surface area contributed by atoms with Gasteiger partial charge in [0.1, 0.15) is 5.01 Å². The molecule has 0 radical (unpaired) electrons. The van der Waals surface area contributed by atoms with E-state index < -0.39 is 0 Å². The summed E-state index contributed by atoms with van der Waals surface area (Å²) < 4.78 is 2.77. The number of aromatic amines is 1. The van der Waals surface area contributed by atoms with Crippen molar-refractivity contribution in [2.75, 3.05) is 7.05 Å². The van der Waals surface area contributed by atoms with Crippen molar-refractivity contribution in [1.82, 2.24) is 29.7 Å². The lowest BCUT2D eigenvalue weighted by molar-refractivity contribution is 0.111. The number of hydrogen-bond acceptors (Lipinski definition) is 8. The molecule has 0 atom stereocenters. The van der Waals surface area contributed by atoms with Gasteiger partial charge < -0.3 is 4.57 Å². The topological polar surface area (TPSA) is 92.1 Å². The Kier molecular flexibility index (Phi) is 5.05. The van der Waals surface area contributed by atoms with Crippen molar-refractivity contribution in [2.24, 2.45) is 12.1 Å². The number of hydrazone groups is 1. The molecule has 144 valence electrons. The SMILES string of the molecule is Cc1scnc1CN(C)/N=C\c1c(C=O)n(C)c2nc(Cc3cc[nH]n3)sc12. The predicted octanol–water partition coefficient (Wildman–Crippen LogP) is 2.99. The molecule has 0 saturated carbocycles. The Bertz CT molecular complexity index is 1140. The van der Waals surface area contributed by atoms with Crippen LogP contribution in [0.1, 0.15) is 37.3 Å². The molecule has 0 aromatic carbocycles. The third-order valence-electron chi connectivity index (χ3n) is 4.46. The van der Waals surface area contributed by atoms with Crippen LogP contribution in [-0.2, 0) is 20.0 Å². The van der Waals surface area contributed by atoms with E-state index in [2.05, 4.69) is 20.3 Å². The summed E-state index contributed by atoms with van der Waals surface area (Å²) in [4.78, 5) is 21.9. The molecule has 8 nitrogen and oxygen atoms in total. The van der Waals surface area contributed by atoms with Gasteiger partial charge in [0.15, 0.2) is 11.9 Å². The van der Waals surface area contributed by atoms with Crippen molar-refractivity contribution in [3.05, 3.63) is 50.3 Å². The first-order valence-electron chi connectivity index (χ1n) is 8.62. The van der Waals surface area contributed by atoms with Crippen LogP contribution in [-0.4, -0.2) is 49.3 Å². The quantitative estimate of drug-likeness (QED) is 0.286. The Morgan fingerprint density at radius 1 is 1.43 bits per heavy atom. The summed E-state index contributed by atoms with van der Waals surface area (Å²) in [7, 11) is 3.75. The molecule has 4 aromatic rings. The number of rotatable bonds is 7. The van der Waals surface area contributed by atoms with Crippen molar-refractivity contribution in [1.29, 1.82) is 0 Å². The molecule has 0 aliphatic heterocycles. The first-order chi connectivity index (χ1) is 13.6. The largest absolute Gasteiger partial charge is 0.325 e. The molecular weight excluding hydrogens is 394 g/mol. The van der Waals surface area contributed by atoms with Gasteiger partial charge in [0.25, 0.3) is 0 Å². The molecule has 0 spiro atoms. The van der Waals surface area contributed by atoms with Gasteiger partial charge in [0.05, 0.1) is 40.1 Å². The fourth-order valence-electron chi connectivity index (χ4n) is 2.95. The van der Waals surface area contributed by atoms with Crippen molar-refractivity contribution >= 4 is 45.5 Å². The highest BCUT2D eigenvalue weighted by Crippen LogP contribution is 2.30. The molecule has 4 aromatic heterocycles. The molecule has 0 saturated heterocycles. The molecule has 0 amide bonds. The van der Waals surface area contributed by atoms with E-state index in [1.807, 2.05) is 42.2 Å². The van der Waals surface area contributed by atoms with Crippen molar-refractivity contribution in [3.63, 3.8) is 0 Å². The molecule has 0 bridgehead atoms. The van der Waals surface area contributed by atoms with Crippen LogP contribution in [0, 0.1) is 6.92 Å². The summed E-state index contributed by atoms with van der Waals surface area (Å²) in [6, 6.07) is 1.93. The van der Waals surface area contributed by atoms with E-state index in [-0.39, 0.29) is 0 Å². The van der Waals surface area contributed by atoms with Gasteiger partial charge >= 0.3 is 0 Å². The molecule has 28 heavy (non-hydrogen) atoms. The first kappa shape index (κ1) is 18.5. The summed E-state index contributed by atoms with van der Waals surface area (Å²) in [6.07, 6.45) is 5.04. The number of carbonyl (C=O) groups excluding carboxylic acids is 1. The van der Waals surface area contributed by atoms with E-state index in [1.54, 1.807) is 35.1 Å². The molecule has 0 aliphatic carbocycles. The zero-order valence-electron chi connectivity index (χ0n) is 15.7. The Labute approximate surface area is 169 Å². The number of nitrogens with one attached hydrogen (secondary N) is 1. The minimum atomic E-state index is 0.571. The van der Waals surface area contributed by atoms with Crippen LogP contribution >= 0.6 is 22.7 Å².